The van der Waals surface area contributed by atoms with Crippen LogP contribution in [-0.2, 0) is 16.1 Å². The van der Waals surface area contributed by atoms with E-state index in [1.807, 2.05) is 0 Å². The minimum absolute atomic E-state index is 0.00717. The van der Waals surface area contributed by atoms with E-state index in [0.717, 1.165) is 5.56 Å². The van der Waals surface area contributed by atoms with Crippen molar-refractivity contribution in [2.45, 2.75) is 13.0 Å². The van der Waals surface area contributed by atoms with Gasteiger partial charge in [0.1, 0.15) is 5.75 Å². The molecule has 0 spiro atoms. The lowest BCUT2D eigenvalue weighted by atomic mass is 10.2. The maximum atomic E-state index is 11.5. The van der Waals surface area contributed by atoms with Crippen LogP contribution < -0.4 is 4.74 Å². The van der Waals surface area contributed by atoms with Crippen LogP contribution in [0.2, 0.25) is 5.02 Å². The second-order valence-electron chi connectivity index (χ2n) is 3.89. The Morgan fingerprint density at radius 3 is 2.76 bits per heavy atom. The molecule has 1 fully saturated rings. The Kier molecular flexibility index (Phi) is 3.33. The summed E-state index contributed by atoms with van der Waals surface area (Å²) >= 11 is 6.07. The van der Waals surface area contributed by atoms with E-state index < -0.39 is 0 Å². The second kappa shape index (κ2) is 4.75. The average molecular weight is 254 g/mol. The summed E-state index contributed by atoms with van der Waals surface area (Å²) in [6.07, 6.45) is -0.00717. The van der Waals surface area contributed by atoms with E-state index in [2.05, 4.69) is 0 Å². The number of hydrogen-bond donors (Lipinski definition) is 0. The third kappa shape index (κ3) is 2.42. The summed E-state index contributed by atoms with van der Waals surface area (Å²) in [5.74, 6) is 0.419. The number of ether oxygens (including phenoxy) is 1. The SMILES string of the molecule is COc1cccc(Cl)c1CN1CC(=O)CC1=O. The maximum absolute atomic E-state index is 11.5. The van der Waals surface area contributed by atoms with Crippen molar-refractivity contribution in [2.75, 3.05) is 13.7 Å². The molecule has 90 valence electrons. The number of carbonyl (C=O) groups is 2. The van der Waals surface area contributed by atoms with E-state index in [9.17, 15) is 9.59 Å². The van der Waals surface area contributed by atoms with Crippen LogP contribution in [0.3, 0.4) is 0 Å². The van der Waals surface area contributed by atoms with Gasteiger partial charge < -0.3 is 9.64 Å². The van der Waals surface area contributed by atoms with Crippen LogP contribution >= 0.6 is 11.6 Å². The molecular formula is C12H12ClNO3. The van der Waals surface area contributed by atoms with Crippen molar-refractivity contribution in [1.29, 1.82) is 0 Å². The van der Waals surface area contributed by atoms with Crippen molar-refractivity contribution in [3.63, 3.8) is 0 Å². The Morgan fingerprint density at radius 2 is 2.18 bits per heavy atom. The fourth-order valence-corrected chi connectivity index (χ4v) is 2.08. The molecule has 17 heavy (non-hydrogen) atoms. The molecule has 1 aliphatic rings. The number of hydrogen-bond acceptors (Lipinski definition) is 3. The molecule has 0 radical (unpaired) electrons. The van der Waals surface area contributed by atoms with Gasteiger partial charge in [0.05, 0.1) is 26.6 Å². The molecule has 0 saturated carbocycles. The molecule has 1 saturated heterocycles. The van der Waals surface area contributed by atoms with E-state index in [1.54, 1.807) is 25.3 Å². The number of amides is 1. The number of rotatable bonds is 3. The first-order valence-electron chi connectivity index (χ1n) is 5.22. The Hall–Kier alpha value is -1.55. The molecule has 0 bridgehead atoms. The minimum Gasteiger partial charge on any atom is -0.496 e. The Balaban J connectivity index is 2.24. The molecule has 1 amide bonds. The molecule has 0 aliphatic carbocycles. The molecule has 2 rings (SSSR count). The average Bonchev–Trinajstić information content (AvgIpc) is 2.60. The summed E-state index contributed by atoms with van der Waals surface area (Å²) in [6, 6.07) is 5.30. The maximum Gasteiger partial charge on any atom is 0.230 e. The summed E-state index contributed by atoms with van der Waals surface area (Å²) in [5, 5.41) is 0.538. The van der Waals surface area contributed by atoms with Gasteiger partial charge in [-0.15, -0.1) is 0 Å². The molecule has 0 aromatic heterocycles. The highest BCUT2D eigenvalue weighted by Gasteiger charge is 2.28. The van der Waals surface area contributed by atoms with Crippen molar-refractivity contribution in [2.24, 2.45) is 0 Å². The first-order chi connectivity index (χ1) is 8.11. The van der Waals surface area contributed by atoms with E-state index in [1.165, 1.54) is 4.90 Å². The van der Waals surface area contributed by atoms with E-state index in [0.29, 0.717) is 17.3 Å². The molecule has 1 aromatic rings. The van der Waals surface area contributed by atoms with Crippen LogP contribution in [-0.4, -0.2) is 30.2 Å². The second-order valence-corrected chi connectivity index (χ2v) is 4.29. The molecule has 4 nitrogen and oxygen atoms in total. The zero-order valence-electron chi connectivity index (χ0n) is 9.40. The smallest absolute Gasteiger partial charge is 0.230 e. The number of benzene rings is 1. The number of halogens is 1. The van der Waals surface area contributed by atoms with Gasteiger partial charge >= 0.3 is 0 Å². The quantitative estimate of drug-likeness (QED) is 0.770. The van der Waals surface area contributed by atoms with Crippen LogP contribution in [0.4, 0.5) is 0 Å². The molecule has 0 unspecified atom stereocenters. The summed E-state index contributed by atoms with van der Waals surface area (Å²) in [7, 11) is 1.55. The molecule has 0 atom stereocenters. The van der Waals surface area contributed by atoms with Crippen LogP contribution in [0.5, 0.6) is 5.75 Å². The number of ketones is 1. The van der Waals surface area contributed by atoms with Crippen molar-refractivity contribution < 1.29 is 14.3 Å². The van der Waals surface area contributed by atoms with Gasteiger partial charge in [-0.25, -0.2) is 0 Å². The topological polar surface area (TPSA) is 46.6 Å². The first-order valence-corrected chi connectivity index (χ1v) is 5.60. The van der Waals surface area contributed by atoms with Crippen LogP contribution in [0.1, 0.15) is 12.0 Å². The van der Waals surface area contributed by atoms with Crippen LogP contribution in [0, 0.1) is 0 Å². The molecule has 1 aliphatic heterocycles. The minimum atomic E-state index is -0.156. The van der Waals surface area contributed by atoms with Gasteiger partial charge in [-0.2, -0.15) is 0 Å². The summed E-state index contributed by atoms with van der Waals surface area (Å²) in [6.45, 7) is 0.473. The van der Waals surface area contributed by atoms with E-state index in [4.69, 9.17) is 16.3 Å². The van der Waals surface area contributed by atoms with Crippen molar-refractivity contribution in [3.05, 3.63) is 28.8 Å². The first kappa shape index (κ1) is 11.9. The summed E-state index contributed by atoms with van der Waals surface area (Å²) in [4.78, 5) is 24.2. The van der Waals surface area contributed by atoms with E-state index >= 15 is 0 Å². The zero-order chi connectivity index (χ0) is 12.4. The van der Waals surface area contributed by atoms with Crippen LogP contribution in [0.15, 0.2) is 18.2 Å². The highest BCUT2D eigenvalue weighted by molar-refractivity contribution is 6.31. The highest BCUT2D eigenvalue weighted by Crippen LogP contribution is 2.28. The van der Waals surface area contributed by atoms with Crippen LogP contribution in [0.25, 0.3) is 0 Å². The summed E-state index contributed by atoms with van der Waals surface area (Å²) in [5.41, 5.74) is 0.736. The lowest BCUT2D eigenvalue weighted by Crippen LogP contribution is -2.25. The van der Waals surface area contributed by atoms with Gasteiger partial charge in [0.2, 0.25) is 5.91 Å². The zero-order valence-corrected chi connectivity index (χ0v) is 10.2. The molecule has 1 aromatic carbocycles. The number of likely N-dealkylation sites (tertiary alicyclic amines) is 1. The summed E-state index contributed by atoms with van der Waals surface area (Å²) < 4.78 is 5.19. The molecule has 5 heteroatoms. The monoisotopic (exact) mass is 253 g/mol. The number of nitrogens with zero attached hydrogens (tertiary/aromatic N) is 1. The normalized spacial score (nSPS) is 15.5. The fraction of sp³-hybridized carbons (Fsp3) is 0.333. The fourth-order valence-electron chi connectivity index (χ4n) is 1.86. The largest absolute Gasteiger partial charge is 0.496 e. The number of Topliss-reactive ketones (excluding diaryl/α,β-unsaturated/α-hetero) is 1. The van der Waals surface area contributed by atoms with Crippen molar-refractivity contribution in [3.8, 4) is 5.75 Å². The lowest BCUT2D eigenvalue weighted by molar-refractivity contribution is -0.128. The number of methoxy groups -OCH3 is 1. The van der Waals surface area contributed by atoms with Gasteiger partial charge in [-0.05, 0) is 12.1 Å². The predicted molar refractivity (Wildman–Crippen MR) is 63.0 cm³/mol. The molecule has 1 heterocycles. The van der Waals surface area contributed by atoms with Gasteiger partial charge in [0.25, 0.3) is 0 Å². The van der Waals surface area contributed by atoms with Crippen molar-refractivity contribution >= 4 is 23.3 Å². The Bertz CT molecular complexity index is 473. The highest BCUT2D eigenvalue weighted by atomic mass is 35.5. The molecular weight excluding hydrogens is 242 g/mol. The number of carbonyl (C=O) groups excluding carboxylic acids is 2. The third-order valence-corrected chi connectivity index (χ3v) is 3.07. The predicted octanol–water partition coefficient (Wildman–Crippen LogP) is 1.65. The van der Waals surface area contributed by atoms with Gasteiger partial charge in [-0.1, -0.05) is 17.7 Å². The Labute approximate surface area is 104 Å². The Morgan fingerprint density at radius 1 is 1.41 bits per heavy atom. The van der Waals surface area contributed by atoms with Crippen molar-refractivity contribution in [1.82, 2.24) is 4.90 Å². The third-order valence-electron chi connectivity index (χ3n) is 2.71. The van der Waals surface area contributed by atoms with E-state index in [-0.39, 0.29) is 24.7 Å². The van der Waals surface area contributed by atoms with Gasteiger partial charge in [0, 0.05) is 10.6 Å². The van der Waals surface area contributed by atoms with Gasteiger partial charge in [-0.3, -0.25) is 9.59 Å². The van der Waals surface area contributed by atoms with Gasteiger partial charge in [0.15, 0.2) is 5.78 Å². The lowest BCUT2D eigenvalue weighted by Gasteiger charge is -2.17. The standard InChI is InChI=1S/C12H12ClNO3/c1-17-11-4-2-3-10(13)9(11)7-14-6-8(15)5-12(14)16/h2-4H,5-7H2,1H3. The molecule has 0 N–H and O–H groups in total.